The molecule has 2 aromatic rings. The van der Waals surface area contributed by atoms with E-state index in [1.54, 1.807) is 11.5 Å². The molecule has 0 aromatic heterocycles. The van der Waals surface area contributed by atoms with Gasteiger partial charge in [0, 0.05) is 5.92 Å². The minimum absolute atomic E-state index is 0.710. The maximum absolute atomic E-state index is 2.49. The van der Waals surface area contributed by atoms with E-state index in [1.165, 1.54) is 74.5 Å². The van der Waals surface area contributed by atoms with Gasteiger partial charge < -0.3 is 0 Å². The van der Waals surface area contributed by atoms with Crippen LogP contribution in [0.25, 0.3) is 5.57 Å². The van der Waals surface area contributed by atoms with Crippen molar-refractivity contribution in [2.75, 3.05) is 0 Å². The third kappa shape index (κ3) is 3.73. The van der Waals surface area contributed by atoms with Gasteiger partial charge in [0.15, 0.2) is 0 Å². The molecule has 25 heavy (non-hydrogen) atoms. The van der Waals surface area contributed by atoms with Crippen molar-refractivity contribution in [2.45, 2.75) is 57.8 Å². The molecule has 0 heterocycles. The lowest BCUT2D eigenvalue weighted by Gasteiger charge is -2.32. The Labute approximate surface area is 153 Å². The molecule has 1 fully saturated rings. The Hall–Kier alpha value is -1.82. The summed E-state index contributed by atoms with van der Waals surface area (Å²) in [4.78, 5) is 0. The van der Waals surface area contributed by atoms with E-state index in [0.717, 1.165) is 0 Å². The molecule has 0 bridgehead atoms. The van der Waals surface area contributed by atoms with E-state index in [2.05, 4.69) is 60.7 Å². The van der Waals surface area contributed by atoms with Crippen molar-refractivity contribution in [3.8, 4) is 0 Å². The van der Waals surface area contributed by atoms with Gasteiger partial charge in [-0.3, -0.25) is 0 Å². The minimum atomic E-state index is 0.710. The molecule has 2 aliphatic carbocycles. The Bertz CT molecular complexity index is 704. The van der Waals surface area contributed by atoms with Crippen LogP contribution in [0.3, 0.4) is 0 Å². The van der Waals surface area contributed by atoms with Crippen molar-refractivity contribution in [3.63, 3.8) is 0 Å². The lowest BCUT2D eigenvalue weighted by Crippen LogP contribution is -2.19. The zero-order valence-corrected chi connectivity index (χ0v) is 15.2. The van der Waals surface area contributed by atoms with Crippen LogP contribution < -0.4 is 0 Å². The van der Waals surface area contributed by atoms with Gasteiger partial charge in [-0.25, -0.2) is 0 Å². The predicted octanol–water partition coefficient (Wildman–Crippen LogP) is 7.20. The van der Waals surface area contributed by atoms with Gasteiger partial charge in [0.05, 0.1) is 0 Å². The van der Waals surface area contributed by atoms with E-state index in [1.807, 2.05) is 0 Å². The standard InChI is InChI=1S/C25H29/c1-4-12-20(13-5-1)23-18-10-11-19-24(23)25(21-14-6-2-7-15-21)22-16-8-3-9-17-22/h2,6-7,10-12,14-15,18-19,22H,1,3-5,8-9,13,16-17H2. The van der Waals surface area contributed by atoms with Crippen molar-refractivity contribution >= 4 is 5.57 Å². The first-order chi connectivity index (χ1) is 12.4. The number of hydrogen-bond acceptors (Lipinski definition) is 0. The molecule has 0 unspecified atom stereocenters. The molecule has 0 saturated heterocycles. The van der Waals surface area contributed by atoms with Crippen LogP contribution in [0.15, 0.2) is 60.7 Å². The molecule has 0 spiro atoms. The molecule has 2 aliphatic rings. The third-order valence-electron chi connectivity index (χ3n) is 5.95. The predicted molar refractivity (Wildman–Crippen MR) is 107 cm³/mol. The SMILES string of the molecule is C1=C(c2ccccc2[C](c2ccccc2)C2CCCCC2)CCCC1. The van der Waals surface area contributed by atoms with Crippen LogP contribution in [0, 0.1) is 11.8 Å². The van der Waals surface area contributed by atoms with Crippen molar-refractivity contribution in [1.29, 1.82) is 0 Å². The van der Waals surface area contributed by atoms with E-state index in [4.69, 9.17) is 0 Å². The van der Waals surface area contributed by atoms with Crippen molar-refractivity contribution in [1.82, 2.24) is 0 Å². The second-order valence-electron chi connectivity index (χ2n) is 7.64. The molecule has 0 amide bonds. The molecule has 0 aliphatic heterocycles. The van der Waals surface area contributed by atoms with Gasteiger partial charge in [-0.2, -0.15) is 0 Å². The summed E-state index contributed by atoms with van der Waals surface area (Å²) in [7, 11) is 0. The summed E-state index contributed by atoms with van der Waals surface area (Å²) in [5.41, 5.74) is 5.99. The van der Waals surface area contributed by atoms with Gasteiger partial charge in [-0.1, -0.05) is 79.9 Å². The van der Waals surface area contributed by atoms with Gasteiger partial charge in [0.25, 0.3) is 0 Å². The van der Waals surface area contributed by atoms with Crippen molar-refractivity contribution in [2.24, 2.45) is 5.92 Å². The molecular formula is C25H29. The van der Waals surface area contributed by atoms with Crippen molar-refractivity contribution < 1.29 is 0 Å². The molecule has 1 saturated carbocycles. The minimum Gasteiger partial charge on any atom is -0.0807 e. The molecule has 0 nitrogen and oxygen atoms in total. The Morgan fingerprint density at radius 1 is 0.720 bits per heavy atom. The normalized spacial score (nSPS) is 19.0. The van der Waals surface area contributed by atoms with Crippen molar-refractivity contribution in [3.05, 3.63) is 83.3 Å². The van der Waals surface area contributed by atoms with E-state index in [9.17, 15) is 0 Å². The molecule has 0 N–H and O–H groups in total. The highest BCUT2D eigenvalue weighted by molar-refractivity contribution is 5.72. The number of rotatable bonds is 4. The maximum atomic E-state index is 2.49. The summed E-state index contributed by atoms with van der Waals surface area (Å²) >= 11 is 0. The highest BCUT2D eigenvalue weighted by atomic mass is 14.3. The summed E-state index contributed by atoms with van der Waals surface area (Å²) in [5.74, 6) is 2.31. The summed E-state index contributed by atoms with van der Waals surface area (Å²) in [6.07, 6.45) is 14.5. The maximum Gasteiger partial charge on any atom is 0.0377 e. The van der Waals surface area contributed by atoms with Crippen LogP contribution in [0.5, 0.6) is 0 Å². The van der Waals surface area contributed by atoms with Crippen LogP contribution in [-0.2, 0) is 0 Å². The first-order valence-corrected chi connectivity index (χ1v) is 10.1. The Morgan fingerprint density at radius 3 is 2.24 bits per heavy atom. The second-order valence-corrected chi connectivity index (χ2v) is 7.64. The lowest BCUT2D eigenvalue weighted by molar-refractivity contribution is 0.384. The highest BCUT2D eigenvalue weighted by Gasteiger charge is 2.29. The Kier molecular flexibility index (Phi) is 5.35. The second kappa shape index (κ2) is 8.04. The van der Waals surface area contributed by atoms with Crippen LogP contribution in [0.1, 0.15) is 74.5 Å². The van der Waals surface area contributed by atoms with Crippen LogP contribution in [0.4, 0.5) is 0 Å². The van der Waals surface area contributed by atoms with Gasteiger partial charge >= 0.3 is 0 Å². The lowest BCUT2D eigenvalue weighted by atomic mass is 9.71. The first-order valence-electron chi connectivity index (χ1n) is 10.1. The van der Waals surface area contributed by atoms with Gasteiger partial charge in [0.2, 0.25) is 0 Å². The van der Waals surface area contributed by atoms with Gasteiger partial charge in [-0.05, 0) is 66.7 Å². The zero-order valence-electron chi connectivity index (χ0n) is 15.2. The molecular weight excluding hydrogens is 300 g/mol. The summed E-state index contributed by atoms with van der Waals surface area (Å²) in [5, 5.41) is 0. The Balaban J connectivity index is 1.78. The fourth-order valence-electron chi connectivity index (χ4n) is 4.70. The third-order valence-corrected chi connectivity index (χ3v) is 5.95. The molecule has 0 atom stereocenters. The molecule has 2 aromatic carbocycles. The first kappa shape index (κ1) is 16.6. The quantitative estimate of drug-likeness (QED) is 0.556. The smallest absolute Gasteiger partial charge is 0.0377 e. The topological polar surface area (TPSA) is 0 Å². The Morgan fingerprint density at radius 2 is 1.48 bits per heavy atom. The van der Waals surface area contributed by atoms with Gasteiger partial charge in [0.1, 0.15) is 0 Å². The number of allylic oxidation sites excluding steroid dienone is 2. The van der Waals surface area contributed by atoms with Gasteiger partial charge in [-0.15, -0.1) is 0 Å². The monoisotopic (exact) mass is 329 g/mol. The van der Waals surface area contributed by atoms with Crippen LogP contribution >= 0.6 is 0 Å². The van der Waals surface area contributed by atoms with E-state index >= 15 is 0 Å². The van der Waals surface area contributed by atoms with E-state index in [-0.39, 0.29) is 0 Å². The molecule has 129 valence electrons. The van der Waals surface area contributed by atoms with E-state index in [0.29, 0.717) is 5.92 Å². The van der Waals surface area contributed by atoms with Crippen LogP contribution in [-0.4, -0.2) is 0 Å². The zero-order chi connectivity index (χ0) is 16.9. The molecule has 1 radical (unpaired) electrons. The molecule has 0 heteroatoms. The van der Waals surface area contributed by atoms with E-state index < -0.39 is 0 Å². The summed E-state index contributed by atoms with van der Waals surface area (Å²) < 4.78 is 0. The fourth-order valence-corrected chi connectivity index (χ4v) is 4.70. The molecule has 4 rings (SSSR count). The number of hydrogen-bond donors (Lipinski definition) is 0. The largest absolute Gasteiger partial charge is 0.0807 e. The average molecular weight is 330 g/mol. The fraction of sp³-hybridized carbons (Fsp3) is 0.400. The van der Waals surface area contributed by atoms with Crippen LogP contribution in [0.2, 0.25) is 0 Å². The highest BCUT2D eigenvalue weighted by Crippen LogP contribution is 2.43. The summed E-state index contributed by atoms with van der Waals surface area (Å²) in [6, 6.07) is 20.3. The number of benzene rings is 2. The summed E-state index contributed by atoms with van der Waals surface area (Å²) in [6.45, 7) is 0. The average Bonchev–Trinajstić information content (AvgIpc) is 2.71.